The second-order valence-electron chi connectivity index (χ2n) is 3.99. The Morgan fingerprint density at radius 1 is 1.19 bits per heavy atom. The first kappa shape index (κ1) is 17.4. The molecule has 4 N–H and O–H groups in total. The summed E-state index contributed by atoms with van der Waals surface area (Å²) >= 11 is 5.82. The van der Waals surface area contributed by atoms with E-state index in [1.165, 1.54) is 30.3 Å². The molecule has 1 heterocycles. The van der Waals surface area contributed by atoms with Crippen molar-refractivity contribution in [2.24, 2.45) is 0 Å². The highest BCUT2D eigenvalue weighted by Gasteiger charge is 2.14. The average molecular weight is 349 g/mol. The number of halogens is 2. The van der Waals surface area contributed by atoms with Gasteiger partial charge < -0.3 is 11.1 Å². The first-order chi connectivity index (χ1) is 9.40. The van der Waals surface area contributed by atoms with Crippen molar-refractivity contribution in [3.8, 4) is 0 Å². The van der Waals surface area contributed by atoms with Crippen molar-refractivity contribution in [1.29, 1.82) is 0 Å². The monoisotopic (exact) mass is 348 g/mol. The number of nitrogens with one attached hydrogen (secondary N) is 2. The fraction of sp³-hybridized carbons (Fsp3) is 0.0833. The lowest BCUT2D eigenvalue weighted by atomic mass is 10.3. The molecule has 1 aromatic carbocycles. The molecule has 114 valence electrons. The van der Waals surface area contributed by atoms with Gasteiger partial charge in [0.1, 0.15) is 11.0 Å². The van der Waals surface area contributed by atoms with E-state index in [0.29, 0.717) is 17.2 Å². The molecule has 6 nitrogen and oxygen atoms in total. The molecule has 0 aliphatic carbocycles. The number of sulfonamides is 1. The molecule has 0 radical (unpaired) electrons. The summed E-state index contributed by atoms with van der Waals surface area (Å²) in [6.07, 6.45) is 0. The summed E-state index contributed by atoms with van der Waals surface area (Å²) in [5.74, 6) is 0.465. The molecule has 0 spiro atoms. The smallest absolute Gasteiger partial charge is 0.261 e. The third-order valence-electron chi connectivity index (χ3n) is 2.49. The van der Waals surface area contributed by atoms with Crippen LogP contribution in [0.5, 0.6) is 0 Å². The Bertz CT molecular complexity index is 721. The maximum absolute atomic E-state index is 12.2. The zero-order valence-corrected chi connectivity index (χ0v) is 13.4. The molecule has 0 amide bonds. The number of nitrogen functional groups attached to an aromatic ring is 1. The van der Waals surface area contributed by atoms with Crippen LogP contribution in [0.3, 0.4) is 0 Å². The molecule has 0 saturated heterocycles. The first-order valence-corrected chi connectivity index (χ1v) is 7.50. The number of aromatic nitrogens is 1. The molecular formula is C12H14Cl2N4O2S. The number of rotatable bonds is 4. The van der Waals surface area contributed by atoms with Gasteiger partial charge in [0.25, 0.3) is 10.0 Å². The highest BCUT2D eigenvalue weighted by atomic mass is 35.5. The molecule has 0 unspecified atom stereocenters. The number of hydrogen-bond acceptors (Lipinski definition) is 5. The van der Waals surface area contributed by atoms with Crippen molar-refractivity contribution in [2.45, 2.75) is 4.90 Å². The van der Waals surface area contributed by atoms with E-state index in [-0.39, 0.29) is 22.5 Å². The maximum Gasteiger partial charge on any atom is 0.261 e. The van der Waals surface area contributed by atoms with Crippen LogP contribution in [-0.4, -0.2) is 20.4 Å². The minimum Gasteiger partial charge on any atom is -0.399 e. The van der Waals surface area contributed by atoms with Crippen molar-refractivity contribution < 1.29 is 8.42 Å². The second-order valence-corrected chi connectivity index (χ2v) is 6.06. The van der Waals surface area contributed by atoms with E-state index in [1.54, 1.807) is 13.1 Å². The van der Waals surface area contributed by atoms with Crippen LogP contribution < -0.4 is 15.8 Å². The van der Waals surface area contributed by atoms with Crippen LogP contribution in [0.4, 0.5) is 17.2 Å². The lowest BCUT2D eigenvalue weighted by Gasteiger charge is -2.10. The average Bonchev–Trinajstić information content (AvgIpc) is 2.37. The van der Waals surface area contributed by atoms with E-state index in [4.69, 9.17) is 17.3 Å². The van der Waals surface area contributed by atoms with Crippen LogP contribution >= 0.6 is 24.0 Å². The number of pyridine rings is 1. The van der Waals surface area contributed by atoms with Gasteiger partial charge in [-0.1, -0.05) is 11.6 Å². The van der Waals surface area contributed by atoms with Crippen molar-refractivity contribution in [2.75, 3.05) is 22.8 Å². The second kappa shape index (κ2) is 6.84. The zero-order chi connectivity index (χ0) is 14.8. The molecule has 2 rings (SSSR count). The zero-order valence-electron chi connectivity index (χ0n) is 11.0. The van der Waals surface area contributed by atoms with E-state index >= 15 is 0 Å². The van der Waals surface area contributed by atoms with E-state index in [1.807, 2.05) is 0 Å². The summed E-state index contributed by atoms with van der Waals surface area (Å²) in [5, 5.41) is 2.98. The number of anilines is 3. The Balaban J connectivity index is 0.00000220. The third kappa shape index (κ3) is 4.38. The standard InChI is InChI=1S/C12H13ClN4O2S.ClH/c1-15-12-7-9(6-11(13)16-12)17-20(18,19)10-4-2-8(14)3-5-10;/h2-7H,14H2,1H3,(H2,15,16,17);1H. The lowest BCUT2D eigenvalue weighted by Crippen LogP contribution is -2.13. The topological polar surface area (TPSA) is 97.1 Å². The van der Waals surface area contributed by atoms with E-state index in [2.05, 4.69) is 15.0 Å². The van der Waals surface area contributed by atoms with E-state index < -0.39 is 10.0 Å². The quantitative estimate of drug-likeness (QED) is 0.582. The number of nitrogens with zero attached hydrogens (tertiary/aromatic N) is 1. The summed E-state index contributed by atoms with van der Waals surface area (Å²) < 4.78 is 26.8. The minimum absolute atomic E-state index is 0. The van der Waals surface area contributed by atoms with E-state index in [0.717, 1.165) is 0 Å². The van der Waals surface area contributed by atoms with Gasteiger partial charge in [-0.25, -0.2) is 13.4 Å². The summed E-state index contributed by atoms with van der Waals surface area (Å²) in [6.45, 7) is 0. The summed E-state index contributed by atoms with van der Waals surface area (Å²) in [7, 11) is -2.03. The Kier molecular flexibility index (Phi) is 5.65. The minimum atomic E-state index is -3.69. The Labute approximate surface area is 134 Å². The SMILES string of the molecule is CNc1cc(NS(=O)(=O)c2ccc(N)cc2)cc(Cl)n1.Cl. The normalized spacial score (nSPS) is 10.6. The van der Waals surface area contributed by atoms with Crippen LogP contribution in [-0.2, 0) is 10.0 Å². The van der Waals surface area contributed by atoms with Crippen molar-refractivity contribution in [1.82, 2.24) is 4.98 Å². The summed E-state index contributed by atoms with van der Waals surface area (Å²) in [5.41, 5.74) is 6.35. The molecular weight excluding hydrogens is 335 g/mol. The molecule has 9 heteroatoms. The maximum atomic E-state index is 12.2. The van der Waals surface area contributed by atoms with Crippen LogP contribution in [0.1, 0.15) is 0 Å². The Morgan fingerprint density at radius 2 is 1.81 bits per heavy atom. The number of hydrogen-bond donors (Lipinski definition) is 3. The molecule has 2 aromatic rings. The number of benzene rings is 1. The first-order valence-electron chi connectivity index (χ1n) is 5.64. The highest BCUT2D eigenvalue weighted by Crippen LogP contribution is 2.22. The van der Waals surface area contributed by atoms with Crippen molar-refractivity contribution in [3.63, 3.8) is 0 Å². The number of nitrogens with two attached hydrogens (primary N) is 1. The van der Waals surface area contributed by atoms with Crippen LogP contribution in [0, 0.1) is 0 Å². The van der Waals surface area contributed by atoms with Gasteiger partial charge in [-0.05, 0) is 30.3 Å². The molecule has 0 aliphatic heterocycles. The van der Waals surface area contributed by atoms with Gasteiger partial charge >= 0.3 is 0 Å². The van der Waals surface area contributed by atoms with Crippen LogP contribution in [0.25, 0.3) is 0 Å². The van der Waals surface area contributed by atoms with Gasteiger partial charge in [-0.15, -0.1) is 12.4 Å². The molecule has 0 bridgehead atoms. The summed E-state index contributed by atoms with van der Waals surface area (Å²) in [4.78, 5) is 4.09. The third-order valence-corrected chi connectivity index (χ3v) is 4.08. The molecule has 0 saturated carbocycles. The fourth-order valence-electron chi connectivity index (χ4n) is 1.54. The predicted molar refractivity (Wildman–Crippen MR) is 87.7 cm³/mol. The Hall–Kier alpha value is -1.70. The summed E-state index contributed by atoms with van der Waals surface area (Å²) in [6, 6.07) is 8.87. The van der Waals surface area contributed by atoms with Crippen molar-refractivity contribution in [3.05, 3.63) is 41.6 Å². The van der Waals surface area contributed by atoms with Gasteiger partial charge in [0.2, 0.25) is 0 Å². The van der Waals surface area contributed by atoms with E-state index in [9.17, 15) is 8.42 Å². The molecule has 21 heavy (non-hydrogen) atoms. The molecule has 0 aliphatic rings. The highest BCUT2D eigenvalue weighted by molar-refractivity contribution is 7.92. The van der Waals surface area contributed by atoms with Crippen molar-refractivity contribution >= 4 is 51.2 Å². The van der Waals surface area contributed by atoms with Gasteiger partial charge in [0, 0.05) is 18.8 Å². The predicted octanol–water partition coefficient (Wildman–Crippen LogP) is 2.58. The molecule has 1 aromatic heterocycles. The van der Waals surface area contributed by atoms with Crippen LogP contribution in [0.2, 0.25) is 5.15 Å². The lowest BCUT2D eigenvalue weighted by molar-refractivity contribution is 0.601. The largest absolute Gasteiger partial charge is 0.399 e. The Morgan fingerprint density at radius 3 is 2.38 bits per heavy atom. The van der Waals surface area contributed by atoms with Gasteiger partial charge in [-0.3, -0.25) is 4.72 Å². The molecule has 0 fully saturated rings. The van der Waals surface area contributed by atoms with Crippen LogP contribution in [0.15, 0.2) is 41.3 Å². The van der Waals surface area contributed by atoms with Gasteiger partial charge in [0.15, 0.2) is 0 Å². The fourth-order valence-corrected chi connectivity index (χ4v) is 2.79. The van der Waals surface area contributed by atoms with Gasteiger partial charge in [0.05, 0.1) is 10.6 Å². The van der Waals surface area contributed by atoms with Gasteiger partial charge in [-0.2, -0.15) is 0 Å². The molecule has 0 atom stereocenters.